The smallest absolute Gasteiger partial charge is 0.223 e. The molecule has 1 aliphatic carbocycles. The Bertz CT molecular complexity index is 515. The van der Waals surface area contributed by atoms with Crippen molar-refractivity contribution in [3.63, 3.8) is 0 Å². The zero-order valence-corrected chi connectivity index (χ0v) is 14.4. The highest BCUT2D eigenvalue weighted by Gasteiger charge is 2.46. The van der Waals surface area contributed by atoms with Crippen molar-refractivity contribution in [3.05, 3.63) is 0 Å². The van der Waals surface area contributed by atoms with Crippen molar-refractivity contribution in [1.29, 1.82) is 0 Å². The molecule has 1 saturated carbocycles. The number of sulfonamides is 1. The Labute approximate surface area is 134 Å². The van der Waals surface area contributed by atoms with Gasteiger partial charge in [0.05, 0.1) is 5.75 Å². The lowest BCUT2D eigenvalue weighted by Crippen LogP contribution is -2.57. The van der Waals surface area contributed by atoms with Gasteiger partial charge in [0, 0.05) is 31.6 Å². The molecule has 1 amide bonds. The van der Waals surface area contributed by atoms with Crippen LogP contribution in [0, 0.1) is 5.92 Å². The minimum Gasteiger partial charge on any atom is -0.336 e. The quantitative estimate of drug-likeness (QED) is 0.701. The van der Waals surface area contributed by atoms with Gasteiger partial charge >= 0.3 is 0 Å². The van der Waals surface area contributed by atoms with Crippen molar-refractivity contribution < 1.29 is 13.2 Å². The van der Waals surface area contributed by atoms with Gasteiger partial charge in [0.25, 0.3) is 0 Å². The summed E-state index contributed by atoms with van der Waals surface area (Å²) in [5, 5.41) is 0. The third kappa shape index (κ3) is 3.32. The van der Waals surface area contributed by atoms with E-state index in [-0.39, 0.29) is 11.8 Å². The van der Waals surface area contributed by atoms with Gasteiger partial charge < -0.3 is 4.90 Å². The molecule has 126 valence electrons. The van der Waals surface area contributed by atoms with Gasteiger partial charge in [0.15, 0.2) is 0 Å². The van der Waals surface area contributed by atoms with Crippen molar-refractivity contribution in [2.24, 2.45) is 5.92 Å². The van der Waals surface area contributed by atoms with E-state index in [0.29, 0.717) is 37.4 Å². The first-order valence-corrected chi connectivity index (χ1v) is 10.4. The number of hydrogen-bond donors (Lipinski definition) is 0. The number of hydrogen-bond acceptors (Lipinski definition) is 3. The minimum atomic E-state index is -3.11. The van der Waals surface area contributed by atoms with Gasteiger partial charge in [-0.2, -0.15) is 0 Å². The van der Waals surface area contributed by atoms with Crippen LogP contribution < -0.4 is 0 Å². The second-order valence-corrected chi connectivity index (χ2v) is 9.16. The van der Waals surface area contributed by atoms with Crippen molar-refractivity contribution >= 4 is 15.9 Å². The van der Waals surface area contributed by atoms with Gasteiger partial charge in [-0.05, 0) is 38.0 Å². The average Bonchev–Trinajstić information content (AvgIpc) is 3.31. The van der Waals surface area contributed by atoms with Crippen molar-refractivity contribution in [3.8, 4) is 0 Å². The summed E-state index contributed by atoms with van der Waals surface area (Å²) in [6.07, 6.45) is 7.31. The summed E-state index contributed by atoms with van der Waals surface area (Å²) >= 11 is 0. The van der Waals surface area contributed by atoms with Gasteiger partial charge in [-0.15, -0.1) is 0 Å². The lowest BCUT2D eigenvalue weighted by atomic mass is 9.84. The molecule has 0 N–H and O–H groups in total. The average molecular weight is 328 g/mol. The van der Waals surface area contributed by atoms with Crippen LogP contribution in [0.5, 0.6) is 0 Å². The number of piperidine rings is 2. The topological polar surface area (TPSA) is 57.7 Å². The zero-order valence-electron chi connectivity index (χ0n) is 13.5. The van der Waals surface area contributed by atoms with Gasteiger partial charge in [-0.25, -0.2) is 12.7 Å². The molecule has 5 nitrogen and oxygen atoms in total. The molecule has 0 aromatic heterocycles. The Balaban J connectivity index is 1.63. The number of likely N-dealkylation sites (tertiary alicyclic amines) is 1. The maximum absolute atomic E-state index is 12.5. The molecule has 3 aliphatic rings. The van der Waals surface area contributed by atoms with Crippen LogP contribution in [0.1, 0.15) is 58.3 Å². The number of carbonyl (C=O) groups is 1. The van der Waals surface area contributed by atoms with E-state index in [2.05, 4.69) is 11.8 Å². The van der Waals surface area contributed by atoms with E-state index in [1.54, 1.807) is 4.31 Å². The molecule has 0 unspecified atom stereocenters. The molecule has 0 spiro atoms. The first kappa shape index (κ1) is 16.2. The highest BCUT2D eigenvalue weighted by Crippen LogP contribution is 2.39. The molecular weight excluding hydrogens is 300 g/mol. The highest BCUT2D eigenvalue weighted by molar-refractivity contribution is 7.89. The molecule has 22 heavy (non-hydrogen) atoms. The minimum absolute atomic E-state index is 0.281. The maximum Gasteiger partial charge on any atom is 0.223 e. The highest BCUT2D eigenvalue weighted by atomic mass is 32.2. The fourth-order valence-corrected chi connectivity index (χ4v) is 5.63. The Morgan fingerprint density at radius 2 is 1.91 bits per heavy atom. The van der Waals surface area contributed by atoms with Crippen LogP contribution >= 0.6 is 0 Å². The van der Waals surface area contributed by atoms with Gasteiger partial charge in [0.1, 0.15) is 0 Å². The van der Waals surface area contributed by atoms with E-state index in [4.69, 9.17) is 0 Å². The molecule has 0 aromatic rings. The zero-order chi connectivity index (χ0) is 15.7. The summed E-state index contributed by atoms with van der Waals surface area (Å²) in [6.45, 7) is 3.30. The molecule has 0 radical (unpaired) electrons. The second-order valence-electron chi connectivity index (χ2n) is 7.07. The molecule has 2 atom stereocenters. The molecule has 0 aromatic carbocycles. The molecule has 3 rings (SSSR count). The van der Waals surface area contributed by atoms with Crippen LogP contribution in [0.4, 0.5) is 0 Å². The van der Waals surface area contributed by atoms with Crippen molar-refractivity contribution in [2.45, 2.75) is 70.4 Å². The van der Waals surface area contributed by atoms with Crippen molar-refractivity contribution in [2.75, 3.05) is 18.8 Å². The lowest BCUT2D eigenvalue weighted by Gasteiger charge is -2.46. The van der Waals surface area contributed by atoms with E-state index in [9.17, 15) is 13.2 Å². The van der Waals surface area contributed by atoms with Crippen LogP contribution in [-0.2, 0) is 14.8 Å². The Morgan fingerprint density at radius 3 is 2.59 bits per heavy atom. The Hall–Kier alpha value is -0.620. The summed E-state index contributed by atoms with van der Waals surface area (Å²) in [5.74, 6) is 0.916. The van der Waals surface area contributed by atoms with E-state index < -0.39 is 10.0 Å². The van der Waals surface area contributed by atoms with Crippen LogP contribution in [0.2, 0.25) is 0 Å². The molecule has 2 saturated heterocycles. The molecule has 2 aliphatic heterocycles. The van der Waals surface area contributed by atoms with E-state index in [0.717, 1.165) is 44.9 Å². The molecule has 3 fully saturated rings. The van der Waals surface area contributed by atoms with E-state index in [1.165, 1.54) is 0 Å². The van der Waals surface area contributed by atoms with Crippen LogP contribution in [-0.4, -0.2) is 54.5 Å². The van der Waals surface area contributed by atoms with E-state index in [1.807, 2.05) is 0 Å². The summed E-state index contributed by atoms with van der Waals surface area (Å²) in [6, 6.07) is 0.740. The summed E-state index contributed by atoms with van der Waals surface area (Å²) in [7, 11) is -3.11. The monoisotopic (exact) mass is 328 g/mol. The summed E-state index contributed by atoms with van der Waals surface area (Å²) in [4.78, 5) is 14.3. The molecule has 6 heteroatoms. The number of amides is 1. The predicted octanol–water partition coefficient (Wildman–Crippen LogP) is 1.98. The first-order chi connectivity index (χ1) is 10.5. The molecule has 2 heterocycles. The number of carbonyl (C=O) groups excluding carboxylic acids is 1. The normalized spacial score (nSPS) is 30.4. The second kappa shape index (κ2) is 6.48. The van der Waals surface area contributed by atoms with Gasteiger partial charge in [-0.3, -0.25) is 4.79 Å². The molecule has 0 bridgehead atoms. The fraction of sp³-hybridized carbons (Fsp3) is 0.938. The summed E-state index contributed by atoms with van der Waals surface area (Å²) < 4.78 is 26.6. The largest absolute Gasteiger partial charge is 0.336 e. The van der Waals surface area contributed by atoms with Crippen LogP contribution in [0.3, 0.4) is 0 Å². The third-order valence-corrected chi connectivity index (χ3v) is 7.29. The van der Waals surface area contributed by atoms with E-state index >= 15 is 0 Å². The molecular formula is C16H28N2O3S. The van der Waals surface area contributed by atoms with Crippen molar-refractivity contribution in [1.82, 2.24) is 9.21 Å². The first-order valence-electron chi connectivity index (χ1n) is 8.82. The Morgan fingerprint density at radius 1 is 1.14 bits per heavy atom. The SMILES string of the molecule is CCCCCS(=O)(=O)N1CC[C@@H]2[C@H](CCC(=O)N2C2CC2)C1. The number of nitrogens with zero attached hydrogens (tertiary/aromatic N) is 2. The lowest BCUT2D eigenvalue weighted by molar-refractivity contribution is -0.141. The van der Waals surface area contributed by atoms with Crippen LogP contribution in [0.25, 0.3) is 0 Å². The third-order valence-electron chi connectivity index (χ3n) is 5.37. The van der Waals surface area contributed by atoms with Crippen LogP contribution in [0.15, 0.2) is 0 Å². The van der Waals surface area contributed by atoms with Gasteiger partial charge in [0.2, 0.25) is 15.9 Å². The van der Waals surface area contributed by atoms with Gasteiger partial charge in [-0.1, -0.05) is 19.8 Å². The summed E-state index contributed by atoms with van der Waals surface area (Å²) in [5.41, 5.74) is 0. The number of unbranched alkanes of at least 4 members (excludes halogenated alkanes) is 2. The fourth-order valence-electron chi connectivity index (χ4n) is 4.00. The maximum atomic E-state index is 12.5. The number of fused-ring (bicyclic) bond motifs is 1. The Kier molecular flexibility index (Phi) is 4.78. The predicted molar refractivity (Wildman–Crippen MR) is 85.9 cm³/mol. The number of rotatable bonds is 6. The standard InChI is InChI=1S/C16H28N2O3S/c1-2-3-4-11-22(20,21)17-10-9-15-13(12-17)5-8-16(19)18(15)14-6-7-14/h13-15H,2-12H2,1H3/t13-,15-/m1/s1.